The molecule has 0 unspecified atom stereocenters. The van der Waals surface area contributed by atoms with Gasteiger partial charge in [0.2, 0.25) is 0 Å². The van der Waals surface area contributed by atoms with E-state index < -0.39 is 0 Å². The molecule has 0 aliphatic carbocycles. The summed E-state index contributed by atoms with van der Waals surface area (Å²) >= 11 is 0. The normalized spacial score (nSPS) is 11.0. The van der Waals surface area contributed by atoms with Crippen molar-refractivity contribution in [1.82, 2.24) is 4.90 Å². The minimum Gasteiger partial charge on any atom is -0.492 e. The summed E-state index contributed by atoms with van der Waals surface area (Å²) in [5, 5.41) is 0. The molecule has 3 aromatic rings. The zero-order chi connectivity index (χ0) is 27.5. The smallest absolute Gasteiger partial charge is 0.306 e. The minimum absolute atomic E-state index is 0.153. The zero-order valence-electron chi connectivity index (χ0n) is 23.3. The van der Waals surface area contributed by atoms with E-state index in [2.05, 4.69) is 56.9 Å². The highest BCUT2D eigenvalue weighted by atomic mass is 19.1. The summed E-state index contributed by atoms with van der Waals surface area (Å²) in [6.45, 7) is 14.6. The largest absolute Gasteiger partial charge is 0.492 e. The summed E-state index contributed by atoms with van der Waals surface area (Å²) in [5.74, 6) is 0.635. The Morgan fingerprint density at radius 2 is 1.63 bits per heavy atom. The minimum atomic E-state index is -0.383. The quantitative estimate of drug-likeness (QED) is 0.216. The Morgan fingerprint density at radius 1 is 0.895 bits per heavy atom. The van der Waals surface area contributed by atoms with Crippen LogP contribution in [-0.2, 0) is 22.6 Å². The van der Waals surface area contributed by atoms with E-state index in [4.69, 9.17) is 14.2 Å². The fourth-order valence-corrected chi connectivity index (χ4v) is 4.57. The number of hydrogen-bond donors (Lipinski definition) is 0. The predicted molar refractivity (Wildman–Crippen MR) is 150 cm³/mol. The zero-order valence-corrected chi connectivity index (χ0v) is 23.3. The predicted octanol–water partition coefficient (Wildman–Crippen LogP) is 6.90. The Balaban J connectivity index is 1.64. The number of aryl methyl sites for hydroxylation is 3. The second-order valence-electron chi connectivity index (χ2n) is 9.35. The van der Waals surface area contributed by atoms with E-state index in [1.165, 1.54) is 11.6 Å². The van der Waals surface area contributed by atoms with Gasteiger partial charge < -0.3 is 19.1 Å². The lowest BCUT2D eigenvalue weighted by atomic mass is 9.94. The number of hydrogen-bond acceptors (Lipinski definition) is 5. The summed E-state index contributed by atoms with van der Waals surface area (Å²) < 4.78 is 31.4. The summed E-state index contributed by atoms with van der Waals surface area (Å²) in [4.78, 5) is 13.9. The van der Waals surface area contributed by atoms with E-state index in [1.807, 2.05) is 12.1 Å². The Hall–Kier alpha value is -3.38. The molecule has 3 aromatic carbocycles. The third kappa shape index (κ3) is 8.32. The number of nitrogens with zero attached hydrogens (tertiary/aromatic N) is 1. The molecule has 38 heavy (non-hydrogen) atoms. The molecule has 0 radical (unpaired) electrons. The highest BCUT2D eigenvalue weighted by Gasteiger charge is 2.11. The van der Waals surface area contributed by atoms with E-state index in [0.29, 0.717) is 37.6 Å². The molecule has 0 heterocycles. The van der Waals surface area contributed by atoms with Crippen LogP contribution in [0.2, 0.25) is 0 Å². The summed E-state index contributed by atoms with van der Waals surface area (Å²) in [6.07, 6.45) is 0.450. The third-order valence-corrected chi connectivity index (χ3v) is 6.63. The van der Waals surface area contributed by atoms with Gasteiger partial charge in [-0.2, -0.15) is 0 Å². The fraction of sp³-hybridized carbons (Fsp3) is 0.406. The van der Waals surface area contributed by atoms with Crippen molar-refractivity contribution in [3.8, 4) is 22.6 Å². The maximum atomic E-state index is 14.5. The molecule has 0 bridgehead atoms. The van der Waals surface area contributed by atoms with Gasteiger partial charge in [-0.05, 0) is 97.9 Å². The molecule has 0 saturated carbocycles. The second kappa shape index (κ2) is 14.5. The molecule has 0 spiro atoms. The van der Waals surface area contributed by atoms with Gasteiger partial charge in [-0.3, -0.25) is 4.79 Å². The molecule has 204 valence electrons. The number of benzene rings is 3. The Morgan fingerprint density at radius 3 is 2.29 bits per heavy atom. The average molecular weight is 522 g/mol. The number of likely N-dealkylation sites (N-methyl/N-ethyl adjacent to an activating group) is 1. The van der Waals surface area contributed by atoms with Gasteiger partial charge >= 0.3 is 5.97 Å². The van der Waals surface area contributed by atoms with Crippen molar-refractivity contribution in [3.63, 3.8) is 0 Å². The fourth-order valence-electron chi connectivity index (χ4n) is 4.57. The van der Waals surface area contributed by atoms with Crippen LogP contribution in [0.5, 0.6) is 11.5 Å². The first-order chi connectivity index (χ1) is 18.3. The lowest BCUT2D eigenvalue weighted by Gasteiger charge is -2.19. The van der Waals surface area contributed by atoms with E-state index in [1.54, 1.807) is 19.1 Å². The van der Waals surface area contributed by atoms with Crippen molar-refractivity contribution in [1.29, 1.82) is 0 Å². The standard InChI is InChI=1S/C32H40FNO4/c1-6-34(7-2)16-17-37-29-18-23(4)32(24(5)19-29)27-11-9-10-25(20-27)22-38-28-14-12-26(30(33)21-28)13-15-31(35)36-8-3/h9-12,14,18-21H,6-8,13,15-17,22H2,1-5H3. The van der Waals surface area contributed by atoms with Crippen LogP contribution in [-0.4, -0.2) is 43.7 Å². The SMILES string of the molecule is CCOC(=O)CCc1ccc(OCc2cccc(-c3c(C)cc(OCCN(CC)CC)cc3C)c2)cc1F. The third-order valence-electron chi connectivity index (χ3n) is 6.63. The Labute approximate surface area is 226 Å². The van der Waals surface area contributed by atoms with Crippen LogP contribution >= 0.6 is 0 Å². The van der Waals surface area contributed by atoms with E-state index >= 15 is 0 Å². The van der Waals surface area contributed by atoms with Crippen molar-refractivity contribution in [3.05, 3.63) is 82.7 Å². The Kier molecular flexibility index (Phi) is 11.2. The molecular formula is C32H40FNO4. The van der Waals surface area contributed by atoms with Gasteiger partial charge in [0.15, 0.2) is 0 Å². The molecule has 5 nitrogen and oxygen atoms in total. The van der Waals surface area contributed by atoms with Gasteiger partial charge in [0.05, 0.1) is 6.61 Å². The van der Waals surface area contributed by atoms with Crippen LogP contribution in [0.1, 0.15) is 49.4 Å². The van der Waals surface area contributed by atoms with Crippen LogP contribution in [0.25, 0.3) is 11.1 Å². The molecule has 6 heteroatoms. The molecule has 0 aliphatic rings. The van der Waals surface area contributed by atoms with Crippen molar-refractivity contribution in [2.45, 2.75) is 54.1 Å². The van der Waals surface area contributed by atoms with Crippen molar-refractivity contribution in [2.75, 3.05) is 32.8 Å². The average Bonchev–Trinajstić information content (AvgIpc) is 2.89. The second-order valence-corrected chi connectivity index (χ2v) is 9.35. The first kappa shape index (κ1) is 29.2. The summed E-state index contributed by atoms with van der Waals surface area (Å²) in [7, 11) is 0. The first-order valence-corrected chi connectivity index (χ1v) is 13.5. The number of carbonyl (C=O) groups is 1. The van der Waals surface area contributed by atoms with Crippen LogP contribution in [0.3, 0.4) is 0 Å². The number of rotatable bonds is 14. The maximum absolute atomic E-state index is 14.5. The van der Waals surface area contributed by atoms with Crippen molar-refractivity contribution in [2.24, 2.45) is 0 Å². The Bertz CT molecular complexity index is 1180. The highest BCUT2D eigenvalue weighted by molar-refractivity contribution is 5.72. The van der Waals surface area contributed by atoms with Crippen LogP contribution in [0, 0.1) is 19.7 Å². The van der Waals surface area contributed by atoms with E-state index in [-0.39, 0.29) is 18.2 Å². The van der Waals surface area contributed by atoms with Gasteiger partial charge in [0.1, 0.15) is 30.5 Å². The lowest BCUT2D eigenvalue weighted by molar-refractivity contribution is -0.143. The van der Waals surface area contributed by atoms with Crippen LogP contribution in [0.4, 0.5) is 4.39 Å². The van der Waals surface area contributed by atoms with Crippen molar-refractivity contribution < 1.29 is 23.4 Å². The molecule has 0 fully saturated rings. The van der Waals surface area contributed by atoms with Gasteiger partial charge in [0, 0.05) is 19.0 Å². The van der Waals surface area contributed by atoms with Gasteiger partial charge in [0.25, 0.3) is 0 Å². The molecule has 3 rings (SSSR count). The van der Waals surface area contributed by atoms with E-state index in [9.17, 15) is 9.18 Å². The van der Waals surface area contributed by atoms with Crippen LogP contribution < -0.4 is 9.47 Å². The molecule has 0 N–H and O–H groups in total. The van der Waals surface area contributed by atoms with Gasteiger partial charge in [-0.15, -0.1) is 0 Å². The number of esters is 1. The topological polar surface area (TPSA) is 48.0 Å². The van der Waals surface area contributed by atoms with Gasteiger partial charge in [-0.1, -0.05) is 38.1 Å². The van der Waals surface area contributed by atoms with E-state index in [0.717, 1.165) is 47.6 Å². The highest BCUT2D eigenvalue weighted by Crippen LogP contribution is 2.32. The molecule has 0 amide bonds. The van der Waals surface area contributed by atoms with Crippen LogP contribution in [0.15, 0.2) is 54.6 Å². The first-order valence-electron chi connectivity index (χ1n) is 13.5. The number of ether oxygens (including phenoxy) is 3. The molecular weight excluding hydrogens is 481 g/mol. The molecule has 0 aromatic heterocycles. The molecule has 0 atom stereocenters. The summed E-state index contributed by atoms with van der Waals surface area (Å²) in [5.41, 5.74) is 6.06. The van der Waals surface area contributed by atoms with Gasteiger partial charge in [-0.25, -0.2) is 4.39 Å². The molecule has 0 aliphatic heterocycles. The lowest BCUT2D eigenvalue weighted by Crippen LogP contribution is -2.27. The van der Waals surface area contributed by atoms with Crippen molar-refractivity contribution >= 4 is 5.97 Å². The summed E-state index contributed by atoms with van der Waals surface area (Å²) in [6, 6.07) is 17.2. The maximum Gasteiger partial charge on any atom is 0.306 e. The molecule has 0 saturated heterocycles. The number of carbonyl (C=O) groups excluding carboxylic acids is 1. The monoisotopic (exact) mass is 521 g/mol. The number of halogens is 1.